The maximum absolute atomic E-state index is 10.2. The SMILES string of the molecule is C=C/C(O)=C\C=C(/C=C)[N+](=O)[O-]. The normalized spacial score (nSPS) is 12.3. The highest BCUT2D eigenvalue weighted by Crippen LogP contribution is 1.98. The van der Waals surface area contributed by atoms with Gasteiger partial charge in [0.1, 0.15) is 5.76 Å². The zero-order valence-corrected chi connectivity index (χ0v) is 6.43. The van der Waals surface area contributed by atoms with Crippen LogP contribution in [0.2, 0.25) is 0 Å². The molecule has 64 valence electrons. The van der Waals surface area contributed by atoms with Gasteiger partial charge in [0, 0.05) is 12.2 Å². The van der Waals surface area contributed by atoms with Gasteiger partial charge < -0.3 is 5.11 Å². The van der Waals surface area contributed by atoms with Crippen LogP contribution in [0.15, 0.2) is 48.9 Å². The van der Waals surface area contributed by atoms with Crippen LogP contribution in [0, 0.1) is 10.1 Å². The van der Waals surface area contributed by atoms with Gasteiger partial charge >= 0.3 is 0 Å². The van der Waals surface area contributed by atoms with Crippen LogP contribution in [0.5, 0.6) is 0 Å². The minimum atomic E-state index is -0.597. The third kappa shape index (κ3) is 3.36. The van der Waals surface area contributed by atoms with Crippen molar-refractivity contribution in [3.8, 4) is 0 Å². The fourth-order valence-corrected chi connectivity index (χ4v) is 0.442. The van der Waals surface area contributed by atoms with Crippen molar-refractivity contribution in [1.82, 2.24) is 0 Å². The smallest absolute Gasteiger partial charge is 0.268 e. The zero-order chi connectivity index (χ0) is 9.56. The lowest BCUT2D eigenvalue weighted by atomic mass is 10.3. The number of hydrogen-bond acceptors (Lipinski definition) is 3. The Kier molecular flexibility index (Phi) is 4.15. The number of rotatable bonds is 4. The first-order valence-corrected chi connectivity index (χ1v) is 3.12. The number of aliphatic hydroxyl groups is 1. The van der Waals surface area contributed by atoms with Crippen LogP contribution in [0.1, 0.15) is 0 Å². The van der Waals surface area contributed by atoms with Gasteiger partial charge in [0.2, 0.25) is 0 Å². The molecule has 0 rings (SSSR count). The van der Waals surface area contributed by atoms with E-state index >= 15 is 0 Å². The summed E-state index contributed by atoms with van der Waals surface area (Å²) in [5, 5.41) is 19.0. The van der Waals surface area contributed by atoms with Crippen molar-refractivity contribution in [3.63, 3.8) is 0 Å². The topological polar surface area (TPSA) is 63.4 Å². The molecule has 4 heteroatoms. The van der Waals surface area contributed by atoms with Crippen LogP contribution in [-0.4, -0.2) is 10.0 Å². The summed E-state index contributed by atoms with van der Waals surface area (Å²) >= 11 is 0. The first-order chi connectivity index (χ1) is 5.61. The van der Waals surface area contributed by atoms with E-state index in [1.165, 1.54) is 12.2 Å². The lowest BCUT2D eigenvalue weighted by molar-refractivity contribution is -0.418. The summed E-state index contributed by atoms with van der Waals surface area (Å²) in [5.41, 5.74) is -0.177. The third-order valence-corrected chi connectivity index (χ3v) is 1.05. The van der Waals surface area contributed by atoms with Crippen molar-refractivity contribution in [2.45, 2.75) is 0 Å². The molecule has 0 amide bonds. The first kappa shape index (κ1) is 10.2. The van der Waals surface area contributed by atoms with Gasteiger partial charge in [0.05, 0.1) is 4.92 Å². The van der Waals surface area contributed by atoms with E-state index in [-0.39, 0.29) is 11.5 Å². The summed E-state index contributed by atoms with van der Waals surface area (Å²) in [4.78, 5) is 9.56. The minimum Gasteiger partial charge on any atom is -0.508 e. The monoisotopic (exact) mass is 167 g/mol. The molecule has 0 fully saturated rings. The summed E-state index contributed by atoms with van der Waals surface area (Å²) in [6.07, 6.45) is 4.58. The molecule has 0 aromatic rings. The van der Waals surface area contributed by atoms with Crippen molar-refractivity contribution >= 4 is 0 Å². The van der Waals surface area contributed by atoms with Gasteiger partial charge in [-0.25, -0.2) is 0 Å². The summed E-state index contributed by atoms with van der Waals surface area (Å²) in [6, 6.07) is 0. The second kappa shape index (κ2) is 4.90. The van der Waals surface area contributed by atoms with E-state index in [0.717, 1.165) is 12.2 Å². The van der Waals surface area contributed by atoms with Crippen LogP contribution in [0.3, 0.4) is 0 Å². The van der Waals surface area contributed by atoms with Gasteiger partial charge in [-0.05, 0) is 12.2 Å². The quantitative estimate of drug-likeness (QED) is 0.301. The van der Waals surface area contributed by atoms with Crippen LogP contribution in [0.4, 0.5) is 0 Å². The molecule has 0 aromatic heterocycles. The van der Waals surface area contributed by atoms with Gasteiger partial charge in [-0.2, -0.15) is 0 Å². The Morgan fingerprint density at radius 2 is 1.92 bits per heavy atom. The standard InChI is InChI=1S/C8H9NO3/c1-3-7(9(11)12)5-6-8(10)4-2/h3-6,10H,1-2H2/b7-5+,8-6+. The Hall–Kier alpha value is -1.84. The predicted octanol–water partition coefficient (Wildman–Crippen LogP) is 1.96. The maximum Gasteiger partial charge on any atom is 0.268 e. The van der Waals surface area contributed by atoms with Crippen LogP contribution in [-0.2, 0) is 0 Å². The van der Waals surface area contributed by atoms with Crippen molar-refractivity contribution in [1.29, 1.82) is 0 Å². The van der Waals surface area contributed by atoms with Crippen molar-refractivity contribution in [2.24, 2.45) is 0 Å². The van der Waals surface area contributed by atoms with Crippen molar-refractivity contribution < 1.29 is 10.0 Å². The second-order valence-corrected chi connectivity index (χ2v) is 1.85. The minimum absolute atomic E-state index is 0.129. The van der Waals surface area contributed by atoms with Crippen LogP contribution >= 0.6 is 0 Å². The second-order valence-electron chi connectivity index (χ2n) is 1.85. The molecule has 12 heavy (non-hydrogen) atoms. The molecule has 0 heterocycles. The predicted molar refractivity (Wildman–Crippen MR) is 46.2 cm³/mol. The number of allylic oxidation sites excluding steroid dienone is 4. The molecule has 0 bridgehead atoms. The van der Waals surface area contributed by atoms with Gasteiger partial charge in [0.15, 0.2) is 0 Å². The molecule has 0 spiro atoms. The Morgan fingerprint density at radius 3 is 2.25 bits per heavy atom. The van der Waals surface area contributed by atoms with Crippen LogP contribution < -0.4 is 0 Å². The molecule has 0 unspecified atom stereocenters. The third-order valence-electron chi connectivity index (χ3n) is 1.05. The van der Waals surface area contributed by atoms with Crippen molar-refractivity contribution in [2.75, 3.05) is 0 Å². The molecular formula is C8H9NO3. The number of nitrogens with zero attached hydrogens (tertiary/aromatic N) is 1. The van der Waals surface area contributed by atoms with E-state index in [9.17, 15) is 10.1 Å². The van der Waals surface area contributed by atoms with Gasteiger partial charge in [-0.1, -0.05) is 13.2 Å². The lowest BCUT2D eigenvalue weighted by Crippen LogP contribution is -1.93. The number of aliphatic hydroxyl groups excluding tert-OH is 1. The van der Waals surface area contributed by atoms with E-state index in [2.05, 4.69) is 13.2 Å². The van der Waals surface area contributed by atoms with Gasteiger partial charge in [0.25, 0.3) is 5.70 Å². The average molecular weight is 167 g/mol. The van der Waals surface area contributed by atoms with E-state index in [0.29, 0.717) is 0 Å². The summed E-state index contributed by atoms with van der Waals surface area (Å²) < 4.78 is 0. The molecule has 0 radical (unpaired) electrons. The van der Waals surface area contributed by atoms with Gasteiger partial charge in [-0.3, -0.25) is 10.1 Å². The molecule has 4 nitrogen and oxygen atoms in total. The Balaban J connectivity index is 4.62. The lowest BCUT2D eigenvalue weighted by Gasteiger charge is -1.87. The zero-order valence-electron chi connectivity index (χ0n) is 6.43. The number of nitro groups is 1. The molecule has 0 saturated heterocycles. The molecule has 1 N–H and O–H groups in total. The first-order valence-electron chi connectivity index (χ1n) is 3.12. The Bertz CT molecular complexity index is 263. The Labute approximate surface area is 70.0 Å². The largest absolute Gasteiger partial charge is 0.508 e. The summed E-state index contributed by atoms with van der Waals surface area (Å²) in [5.74, 6) is -0.129. The summed E-state index contributed by atoms with van der Waals surface area (Å²) in [7, 11) is 0. The van der Waals surface area contributed by atoms with E-state index in [1.807, 2.05) is 0 Å². The van der Waals surface area contributed by atoms with E-state index < -0.39 is 4.92 Å². The molecule has 0 aromatic carbocycles. The van der Waals surface area contributed by atoms with Crippen molar-refractivity contribution in [3.05, 3.63) is 59.0 Å². The molecule has 0 aliphatic carbocycles. The maximum atomic E-state index is 10.2. The van der Waals surface area contributed by atoms with Gasteiger partial charge in [-0.15, -0.1) is 0 Å². The molecule has 0 aliphatic rings. The summed E-state index contributed by atoms with van der Waals surface area (Å²) in [6.45, 7) is 6.51. The average Bonchev–Trinajstić information content (AvgIpc) is 2.04. The molecule has 0 atom stereocenters. The van der Waals surface area contributed by atoms with E-state index in [4.69, 9.17) is 5.11 Å². The fourth-order valence-electron chi connectivity index (χ4n) is 0.442. The fraction of sp³-hybridized carbons (Fsp3) is 0. The molecule has 0 saturated carbocycles. The number of hydrogen-bond donors (Lipinski definition) is 1. The highest BCUT2D eigenvalue weighted by atomic mass is 16.6. The molecule has 0 aliphatic heterocycles. The van der Waals surface area contributed by atoms with Crippen LogP contribution in [0.25, 0.3) is 0 Å². The van der Waals surface area contributed by atoms with E-state index in [1.54, 1.807) is 0 Å². The molecular weight excluding hydrogens is 158 g/mol. The highest BCUT2D eigenvalue weighted by molar-refractivity contribution is 5.20. The Morgan fingerprint density at radius 1 is 1.33 bits per heavy atom. The highest BCUT2D eigenvalue weighted by Gasteiger charge is 2.01.